The number of esters is 2. The number of hydrogen-bond acceptors (Lipinski definition) is 4. The van der Waals surface area contributed by atoms with E-state index in [0.717, 1.165) is 0 Å². The van der Waals surface area contributed by atoms with Gasteiger partial charge in [0, 0.05) is 5.56 Å². The molecule has 20 heavy (non-hydrogen) atoms. The Morgan fingerprint density at radius 2 is 1.80 bits per heavy atom. The van der Waals surface area contributed by atoms with E-state index in [1.807, 2.05) is 0 Å². The smallest absolute Gasteiger partial charge is 0.463 e. The van der Waals surface area contributed by atoms with E-state index in [0.29, 0.717) is 6.42 Å². The molecule has 0 heterocycles. The van der Waals surface area contributed by atoms with Gasteiger partial charge in [-0.3, -0.25) is 0 Å². The van der Waals surface area contributed by atoms with Crippen LogP contribution in [-0.2, 0) is 19.1 Å². The minimum absolute atomic E-state index is 0.0335. The Labute approximate surface area is 113 Å². The third kappa shape index (κ3) is 4.56. The second-order valence-corrected chi connectivity index (χ2v) is 3.86. The van der Waals surface area contributed by atoms with Crippen molar-refractivity contribution in [3.05, 3.63) is 35.9 Å². The van der Waals surface area contributed by atoms with Gasteiger partial charge in [0.05, 0.1) is 6.61 Å². The number of carbonyl (C=O) groups is 2. The molecule has 0 radical (unpaired) electrons. The van der Waals surface area contributed by atoms with Gasteiger partial charge >= 0.3 is 18.1 Å². The van der Waals surface area contributed by atoms with Crippen molar-refractivity contribution in [1.82, 2.24) is 0 Å². The average Bonchev–Trinajstić information content (AvgIpc) is 2.41. The molecule has 1 unspecified atom stereocenters. The molecule has 1 rings (SSSR count). The Morgan fingerprint density at radius 3 is 2.30 bits per heavy atom. The van der Waals surface area contributed by atoms with Crippen molar-refractivity contribution in [3.63, 3.8) is 0 Å². The van der Waals surface area contributed by atoms with Gasteiger partial charge in [-0.25, -0.2) is 9.59 Å². The molecule has 0 amide bonds. The standard InChI is InChI=1S/C13H13F3O4/c1-2-8-19-11(17)10(9-6-4-3-5-7-9)20-12(18)13(14,15)16/h3-7,10H,2,8H2,1H3. The zero-order chi connectivity index (χ0) is 15.2. The Hall–Kier alpha value is -2.05. The second kappa shape index (κ2) is 6.93. The maximum atomic E-state index is 12.2. The number of hydrogen-bond donors (Lipinski definition) is 0. The number of alkyl halides is 3. The molecule has 0 aromatic heterocycles. The molecule has 1 aromatic rings. The summed E-state index contributed by atoms with van der Waals surface area (Å²) in [6.45, 7) is 1.76. The summed E-state index contributed by atoms with van der Waals surface area (Å²) in [6, 6.07) is 7.39. The number of carbonyl (C=O) groups excluding carboxylic acids is 2. The Balaban J connectivity index is 2.91. The van der Waals surface area contributed by atoms with Crippen molar-refractivity contribution in [1.29, 1.82) is 0 Å². The molecule has 0 saturated carbocycles. The molecule has 0 N–H and O–H groups in total. The molecule has 0 aliphatic carbocycles. The van der Waals surface area contributed by atoms with E-state index in [2.05, 4.69) is 4.74 Å². The Bertz CT molecular complexity index is 456. The van der Waals surface area contributed by atoms with Crippen LogP contribution in [0.15, 0.2) is 30.3 Å². The second-order valence-electron chi connectivity index (χ2n) is 3.86. The summed E-state index contributed by atoms with van der Waals surface area (Å²) in [6.07, 6.45) is -6.39. The zero-order valence-corrected chi connectivity index (χ0v) is 10.6. The lowest BCUT2D eigenvalue weighted by atomic mass is 10.1. The highest BCUT2D eigenvalue weighted by Gasteiger charge is 2.44. The van der Waals surface area contributed by atoms with Gasteiger partial charge in [-0.15, -0.1) is 0 Å². The number of rotatable bonds is 5. The van der Waals surface area contributed by atoms with Crippen LogP contribution < -0.4 is 0 Å². The van der Waals surface area contributed by atoms with E-state index in [1.165, 1.54) is 24.3 Å². The van der Waals surface area contributed by atoms with E-state index in [4.69, 9.17) is 4.74 Å². The molecule has 110 valence electrons. The fourth-order valence-electron chi connectivity index (χ4n) is 1.33. The number of halogens is 3. The van der Waals surface area contributed by atoms with Gasteiger partial charge in [-0.2, -0.15) is 13.2 Å². The highest BCUT2D eigenvalue weighted by molar-refractivity contribution is 5.82. The van der Waals surface area contributed by atoms with Crippen LogP contribution in [0.2, 0.25) is 0 Å². The molecular weight excluding hydrogens is 277 g/mol. The van der Waals surface area contributed by atoms with Gasteiger partial charge in [0.25, 0.3) is 0 Å². The van der Waals surface area contributed by atoms with Gasteiger partial charge in [-0.05, 0) is 6.42 Å². The largest absolute Gasteiger partial charge is 0.490 e. The fourth-order valence-corrected chi connectivity index (χ4v) is 1.33. The van der Waals surface area contributed by atoms with Gasteiger partial charge < -0.3 is 9.47 Å². The lowest BCUT2D eigenvalue weighted by Gasteiger charge is -2.17. The van der Waals surface area contributed by atoms with E-state index < -0.39 is 24.2 Å². The minimum Gasteiger partial charge on any atom is -0.463 e. The third-order valence-electron chi connectivity index (χ3n) is 2.22. The summed E-state index contributed by atoms with van der Waals surface area (Å²) in [5.74, 6) is -3.46. The monoisotopic (exact) mass is 290 g/mol. The Morgan fingerprint density at radius 1 is 1.20 bits per heavy atom. The van der Waals surface area contributed by atoms with Crippen molar-refractivity contribution >= 4 is 11.9 Å². The van der Waals surface area contributed by atoms with Crippen LogP contribution in [0.1, 0.15) is 25.0 Å². The van der Waals surface area contributed by atoms with E-state index in [-0.39, 0.29) is 12.2 Å². The van der Waals surface area contributed by atoms with Crippen LogP contribution in [0, 0.1) is 0 Å². The van der Waals surface area contributed by atoms with Gasteiger partial charge in [0.1, 0.15) is 0 Å². The number of ether oxygens (including phenoxy) is 2. The normalized spacial score (nSPS) is 12.6. The van der Waals surface area contributed by atoms with Crippen molar-refractivity contribution in [2.24, 2.45) is 0 Å². The topological polar surface area (TPSA) is 52.6 Å². The Kier molecular flexibility index (Phi) is 5.54. The predicted molar refractivity (Wildman–Crippen MR) is 62.6 cm³/mol. The first-order valence-corrected chi connectivity index (χ1v) is 5.85. The summed E-state index contributed by atoms with van der Waals surface area (Å²) < 4.78 is 45.6. The maximum Gasteiger partial charge on any atom is 0.490 e. The minimum atomic E-state index is -5.17. The summed E-state index contributed by atoms with van der Waals surface area (Å²) >= 11 is 0. The highest BCUT2D eigenvalue weighted by Crippen LogP contribution is 2.25. The number of benzene rings is 1. The quantitative estimate of drug-likeness (QED) is 0.782. The van der Waals surface area contributed by atoms with Crippen LogP contribution in [0.3, 0.4) is 0 Å². The van der Waals surface area contributed by atoms with Crippen LogP contribution in [-0.4, -0.2) is 24.7 Å². The SMILES string of the molecule is CCCOC(=O)C(OC(=O)C(F)(F)F)c1ccccc1. The first-order valence-electron chi connectivity index (χ1n) is 5.85. The highest BCUT2D eigenvalue weighted by atomic mass is 19.4. The fraction of sp³-hybridized carbons (Fsp3) is 0.385. The maximum absolute atomic E-state index is 12.2. The van der Waals surface area contributed by atoms with Crippen molar-refractivity contribution in [2.45, 2.75) is 25.6 Å². The molecule has 0 bridgehead atoms. The van der Waals surface area contributed by atoms with Crippen molar-refractivity contribution in [2.75, 3.05) is 6.61 Å². The molecule has 1 aromatic carbocycles. The molecule has 0 spiro atoms. The molecule has 0 fully saturated rings. The summed E-state index contributed by atoms with van der Waals surface area (Å²) in [5, 5.41) is 0. The van der Waals surface area contributed by atoms with E-state index >= 15 is 0 Å². The molecule has 7 heteroatoms. The summed E-state index contributed by atoms with van der Waals surface area (Å²) in [7, 11) is 0. The summed E-state index contributed by atoms with van der Waals surface area (Å²) in [5.41, 5.74) is 0.117. The molecule has 1 atom stereocenters. The van der Waals surface area contributed by atoms with Crippen LogP contribution in [0.25, 0.3) is 0 Å². The zero-order valence-electron chi connectivity index (χ0n) is 10.6. The lowest BCUT2D eigenvalue weighted by Crippen LogP contribution is -2.30. The van der Waals surface area contributed by atoms with Crippen LogP contribution >= 0.6 is 0 Å². The third-order valence-corrected chi connectivity index (χ3v) is 2.22. The van der Waals surface area contributed by atoms with Crippen molar-refractivity contribution < 1.29 is 32.2 Å². The summed E-state index contributed by atoms with van der Waals surface area (Å²) in [4.78, 5) is 22.6. The van der Waals surface area contributed by atoms with Crippen LogP contribution in [0.4, 0.5) is 13.2 Å². The average molecular weight is 290 g/mol. The molecule has 0 saturated heterocycles. The van der Waals surface area contributed by atoms with Gasteiger partial charge in [0.2, 0.25) is 6.10 Å². The molecule has 4 nitrogen and oxygen atoms in total. The predicted octanol–water partition coefficient (Wildman–Crippen LogP) is 2.79. The van der Waals surface area contributed by atoms with E-state index in [9.17, 15) is 22.8 Å². The van der Waals surface area contributed by atoms with Gasteiger partial charge in [0.15, 0.2) is 0 Å². The van der Waals surface area contributed by atoms with E-state index in [1.54, 1.807) is 13.0 Å². The van der Waals surface area contributed by atoms with Gasteiger partial charge in [-0.1, -0.05) is 37.3 Å². The molecular formula is C13H13F3O4. The first-order chi connectivity index (χ1) is 9.36. The van der Waals surface area contributed by atoms with Crippen molar-refractivity contribution in [3.8, 4) is 0 Å². The first kappa shape index (κ1) is 16.0. The van der Waals surface area contributed by atoms with Crippen LogP contribution in [0.5, 0.6) is 0 Å². The molecule has 0 aliphatic heterocycles. The molecule has 0 aliphatic rings. The lowest BCUT2D eigenvalue weighted by molar-refractivity contribution is -0.208.